The quantitative estimate of drug-likeness (QED) is 0.749. The Bertz CT molecular complexity index is 609. The van der Waals surface area contributed by atoms with Crippen LogP contribution in [-0.2, 0) is 10.8 Å². The van der Waals surface area contributed by atoms with E-state index in [4.69, 9.17) is 11.6 Å². The van der Waals surface area contributed by atoms with E-state index in [0.717, 1.165) is 29.8 Å². The molecule has 94 valence electrons. The van der Waals surface area contributed by atoms with Crippen LogP contribution in [0.2, 0.25) is 5.28 Å². The zero-order chi connectivity index (χ0) is 12.5. The molecule has 1 aliphatic heterocycles. The maximum atomic E-state index is 11.4. The van der Waals surface area contributed by atoms with Crippen LogP contribution in [0, 0.1) is 0 Å². The minimum absolute atomic E-state index is 0.260. The van der Waals surface area contributed by atoms with Crippen LogP contribution in [0.3, 0.4) is 0 Å². The molecule has 1 saturated heterocycles. The molecule has 1 aromatic carbocycles. The summed E-state index contributed by atoms with van der Waals surface area (Å²) in [6.45, 7) is 1.51. The summed E-state index contributed by atoms with van der Waals surface area (Å²) in [6.07, 6.45) is 0. The van der Waals surface area contributed by atoms with Gasteiger partial charge in [0, 0.05) is 40.8 Å². The molecular formula is C12H12ClN3OS. The molecule has 6 heteroatoms. The van der Waals surface area contributed by atoms with E-state index in [1.807, 2.05) is 24.3 Å². The summed E-state index contributed by atoms with van der Waals surface area (Å²) in [6, 6.07) is 7.81. The van der Waals surface area contributed by atoms with Crippen molar-refractivity contribution >= 4 is 39.1 Å². The predicted molar refractivity (Wildman–Crippen MR) is 74.6 cm³/mol. The standard InChI is InChI=1S/C12H12ClN3OS/c13-12-14-10-4-2-1-3-9(10)11(15-12)16-5-7-18(17)8-6-16/h1-4H,5-8H2. The lowest BCUT2D eigenvalue weighted by molar-refractivity contribution is 0.672. The van der Waals surface area contributed by atoms with Crippen LogP contribution in [0.15, 0.2) is 24.3 Å². The van der Waals surface area contributed by atoms with Gasteiger partial charge in [0.25, 0.3) is 0 Å². The zero-order valence-electron chi connectivity index (χ0n) is 9.67. The van der Waals surface area contributed by atoms with Crippen molar-refractivity contribution in [1.82, 2.24) is 9.97 Å². The van der Waals surface area contributed by atoms with Gasteiger partial charge in [-0.1, -0.05) is 12.1 Å². The van der Waals surface area contributed by atoms with Gasteiger partial charge in [0.2, 0.25) is 5.28 Å². The molecule has 1 fully saturated rings. The molecule has 0 amide bonds. The van der Waals surface area contributed by atoms with Gasteiger partial charge in [-0.3, -0.25) is 4.21 Å². The van der Waals surface area contributed by atoms with Gasteiger partial charge in [-0.05, 0) is 23.7 Å². The van der Waals surface area contributed by atoms with Gasteiger partial charge in [-0.15, -0.1) is 0 Å². The third-order valence-electron chi connectivity index (χ3n) is 3.03. The second-order valence-electron chi connectivity index (χ2n) is 4.17. The van der Waals surface area contributed by atoms with Crippen LogP contribution in [0.1, 0.15) is 0 Å². The van der Waals surface area contributed by atoms with Gasteiger partial charge in [0.15, 0.2) is 0 Å². The molecular weight excluding hydrogens is 270 g/mol. The number of halogens is 1. The van der Waals surface area contributed by atoms with E-state index in [-0.39, 0.29) is 5.28 Å². The normalized spacial score (nSPS) is 17.3. The summed E-state index contributed by atoms with van der Waals surface area (Å²) >= 11 is 5.96. The molecule has 2 heterocycles. The van der Waals surface area contributed by atoms with Gasteiger partial charge in [-0.2, -0.15) is 4.98 Å². The molecule has 1 aliphatic rings. The largest absolute Gasteiger partial charge is 0.354 e. The highest BCUT2D eigenvalue weighted by Gasteiger charge is 2.19. The molecule has 0 spiro atoms. The van der Waals surface area contributed by atoms with Crippen LogP contribution in [0.25, 0.3) is 10.9 Å². The highest BCUT2D eigenvalue weighted by molar-refractivity contribution is 7.85. The summed E-state index contributed by atoms with van der Waals surface area (Å²) in [5.74, 6) is 2.23. The molecule has 4 nitrogen and oxygen atoms in total. The number of benzene rings is 1. The third-order valence-corrected chi connectivity index (χ3v) is 4.48. The van der Waals surface area contributed by atoms with E-state index in [2.05, 4.69) is 14.9 Å². The van der Waals surface area contributed by atoms with Crippen molar-refractivity contribution in [2.45, 2.75) is 0 Å². The first-order valence-electron chi connectivity index (χ1n) is 5.76. The minimum Gasteiger partial charge on any atom is -0.354 e. The van der Waals surface area contributed by atoms with Crippen molar-refractivity contribution in [2.75, 3.05) is 29.5 Å². The Kier molecular flexibility index (Phi) is 3.18. The van der Waals surface area contributed by atoms with E-state index in [1.54, 1.807) is 0 Å². The van der Waals surface area contributed by atoms with Gasteiger partial charge in [0.1, 0.15) is 5.82 Å². The van der Waals surface area contributed by atoms with Crippen LogP contribution >= 0.6 is 11.6 Å². The van der Waals surface area contributed by atoms with E-state index in [0.29, 0.717) is 11.5 Å². The first-order chi connectivity index (χ1) is 8.74. The smallest absolute Gasteiger partial charge is 0.224 e. The first-order valence-corrected chi connectivity index (χ1v) is 7.63. The summed E-state index contributed by atoms with van der Waals surface area (Å²) in [7, 11) is -0.692. The van der Waals surface area contributed by atoms with E-state index in [9.17, 15) is 4.21 Å². The molecule has 0 radical (unpaired) electrons. The van der Waals surface area contributed by atoms with Gasteiger partial charge < -0.3 is 4.90 Å². The summed E-state index contributed by atoms with van der Waals surface area (Å²) in [4.78, 5) is 10.7. The number of rotatable bonds is 1. The van der Waals surface area contributed by atoms with Crippen LogP contribution < -0.4 is 4.90 Å². The maximum Gasteiger partial charge on any atom is 0.224 e. The van der Waals surface area contributed by atoms with Crippen molar-refractivity contribution in [3.8, 4) is 0 Å². The number of para-hydroxylation sites is 1. The zero-order valence-corrected chi connectivity index (χ0v) is 11.2. The number of hydrogen-bond donors (Lipinski definition) is 0. The minimum atomic E-state index is -0.692. The van der Waals surface area contributed by atoms with Crippen molar-refractivity contribution in [2.24, 2.45) is 0 Å². The molecule has 0 bridgehead atoms. The molecule has 2 aromatic rings. The lowest BCUT2D eigenvalue weighted by Gasteiger charge is -2.28. The lowest BCUT2D eigenvalue weighted by atomic mass is 10.2. The average Bonchev–Trinajstić information content (AvgIpc) is 2.38. The fourth-order valence-corrected chi connectivity index (χ4v) is 3.35. The fraction of sp³-hybridized carbons (Fsp3) is 0.333. The molecule has 0 atom stereocenters. The molecule has 0 saturated carbocycles. The second-order valence-corrected chi connectivity index (χ2v) is 6.20. The van der Waals surface area contributed by atoms with Crippen molar-refractivity contribution in [3.63, 3.8) is 0 Å². The second kappa shape index (κ2) is 4.82. The Morgan fingerprint density at radius 2 is 1.89 bits per heavy atom. The molecule has 3 rings (SSSR count). The summed E-state index contributed by atoms with van der Waals surface area (Å²) in [5.41, 5.74) is 0.846. The Morgan fingerprint density at radius 1 is 1.17 bits per heavy atom. The maximum absolute atomic E-state index is 11.4. The Balaban J connectivity index is 2.07. The predicted octanol–water partition coefficient (Wildman–Crippen LogP) is 1.85. The topological polar surface area (TPSA) is 46.1 Å². The number of fused-ring (bicyclic) bond motifs is 1. The Hall–Kier alpha value is -1.20. The average molecular weight is 282 g/mol. The van der Waals surface area contributed by atoms with Gasteiger partial charge in [-0.25, -0.2) is 4.98 Å². The van der Waals surface area contributed by atoms with Crippen LogP contribution in [-0.4, -0.2) is 38.8 Å². The Morgan fingerprint density at radius 3 is 2.67 bits per heavy atom. The molecule has 0 unspecified atom stereocenters. The molecule has 1 aromatic heterocycles. The van der Waals surface area contributed by atoms with E-state index >= 15 is 0 Å². The number of aromatic nitrogens is 2. The monoisotopic (exact) mass is 281 g/mol. The SMILES string of the molecule is O=S1CCN(c2nc(Cl)nc3ccccc23)CC1. The fourth-order valence-electron chi connectivity index (χ4n) is 2.12. The molecule has 0 N–H and O–H groups in total. The molecule has 18 heavy (non-hydrogen) atoms. The van der Waals surface area contributed by atoms with Crippen LogP contribution in [0.5, 0.6) is 0 Å². The van der Waals surface area contributed by atoms with E-state index in [1.165, 1.54) is 0 Å². The summed E-state index contributed by atoms with van der Waals surface area (Å²) in [5, 5.41) is 1.25. The highest BCUT2D eigenvalue weighted by Crippen LogP contribution is 2.25. The van der Waals surface area contributed by atoms with E-state index < -0.39 is 10.8 Å². The number of anilines is 1. The number of hydrogen-bond acceptors (Lipinski definition) is 4. The van der Waals surface area contributed by atoms with Crippen molar-refractivity contribution in [3.05, 3.63) is 29.5 Å². The molecule has 0 aliphatic carbocycles. The van der Waals surface area contributed by atoms with Crippen molar-refractivity contribution < 1.29 is 4.21 Å². The summed E-state index contributed by atoms with van der Waals surface area (Å²) < 4.78 is 11.4. The number of nitrogens with zero attached hydrogens (tertiary/aromatic N) is 3. The third kappa shape index (κ3) is 2.20. The van der Waals surface area contributed by atoms with Gasteiger partial charge >= 0.3 is 0 Å². The lowest BCUT2D eigenvalue weighted by Crippen LogP contribution is -2.38. The highest BCUT2D eigenvalue weighted by atomic mass is 35.5. The van der Waals surface area contributed by atoms with Crippen molar-refractivity contribution in [1.29, 1.82) is 0 Å². The van der Waals surface area contributed by atoms with Gasteiger partial charge in [0.05, 0.1) is 5.52 Å². The van der Waals surface area contributed by atoms with Crippen LogP contribution in [0.4, 0.5) is 5.82 Å². The Labute approximate surface area is 112 Å². The first kappa shape index (κ1) is 11.9.